The summed E-state index contributed by atoms with van der Waals surface area (Å²) in [5.41, 5.74) is 9.10. The number of nitrogens with zero attached hydrogens (tertiary/aromatic N) is 2. The Labute approximate surface area is 119 Å². The predicted octanol–water partition coefficient (Wildman–Crippen LogP) is 3.36. The van der Waals surface area contributed by atoms with Crippen LogP contribution in [0.2, 0.25) is 0 Å². The lowest BCUT2D eigenvalue weighted by Crippen LogP contribution is -2.30. The van der Waals surface area contributed by atoms with E-state index in [2.05, 4.69) is 37.3 Å². The number of thiophene rings is 1. The summed E-state index contributed by atoms with van der Waals surface area (Å²) < 4.78 is 1.01. The van der Waals surface area contributed by atoms with Gasteiger partial charge in [0.15, 0.2) is 0 Å². The molecule has 0 unspecified atom stereocenters. The van der Waals surface area contributed by atoms with E-state index >= 15 is 0 Å². The van der Waals surface area contributed by atoms with E-state index in [-0.39, 0.29) is 0 Å². The SMILES string of the molecule is Cc1c(N)cnc(N2CCc3sccc3C2)c1Br. The van der Waals surface area contributed by atoms with Gasteiger partial charge in [0.05, 0.1) is 16.4 Å². The summed E-state index contributed by atoms with van der Waals surface area (Å²) >= 11 is 5.47. The lowest BCUT2D eigenvalue weighted by Gasteiger charge is -2.29. The molecule has 0 atom stereocenters. The van der Waals surface area contributed by atoms with Crippen molar-refractivity contribution < 1.29 is 0 Å². The zero-order valence-corrected chi connectivity index (χ0v) is 12.5. The molecule has 0 aromatic carbocycles. The average Bonchev–Trinajstić information content (AvgIpc) is 2.83. The first-order valence-electron chi connectivity index (χ1n) is 5.87. The highest BCUT2D eigenvalue weighted by Crippen LogP contribution is 2.34. The Morgan fingerprint density at radius 1 is 1.50 bits per heavy atom. The normalized spacial score (nSPS) is 14.7. The van der Waals surface area contributed by atoms with Crippen LogP contribution in [0.15, 0.2) is 22.1 Å². The Bertz CT molecular complexity index is 594. The molecule has 3 nitrogen and oxygen atoms in total. The fraction of sp³-hybridized carbons (Fsp3) is 0.308. The molecule has 5 heteroatoms. The van der Waals surface area contributed by atoms with Crippen LogP contribution in [0.3, 0.4) is 0 Å². The average molecular weight is 324 g/mol. The van der Waals surface area contributed by atoms with Gasteiger partial charge in [-0.1, -0.05) is 0 Å². The van der Waals surface area contributed by atoms with E-state index < -0.39 is 0 Å². The molecule has 2 aromatic heterocycles. The van der Waals surface area contributed by atoms with Crippen molar-refractivity contribution in [3.8, 4) is 0 Å². The fourth-order valence-electron chi connectivity index (χ4n) is 2.23. The number of nitrogen functional groups attached to an aromatic ring is 1. The maximum Gasteiger partial charge on any atom is 0.143 e. The van der Waals surface area contributed by atoms with Gasteiger partial charge in [-0.2, -0.15) is 0 Å². The first-order valence-corrected chi connectivity index (χ1v) is 7.55. The van der Waals surface area contributed by atoms with Crippen LogP contribution in [0.5, 0.6) is 0 Å². The fourth-order valence-corrected chi connectivity index (χ4v) is 3.70. The van der Waals surface area contributed by atoms with E-state index in [0.717, 1.165) is 41.1 Å². The molecule has 0 aliphatic carbocycles. The maximum absolute atomic E-state index is 5.87. The Morgan fingerprint density at radius 3 is 3.17 bits per heavy atom. The van der Waals surface area contributed by atoms with Gasteiger partial charge < -0.3 is 10.6 Å². The third kappa shape index (κ3) is 1.91. The molecule has 1 aliphatic heterocycles. The van der Waals surface area contributed by atoms with Gasteiger partial charge in [0.1, 0.15) is 5.82 Å². The number of fused-ring (bicyclic) bond motifs is 1. The van der Waals surface area contributed by atoms with Crippen LogP contribution < -0.4 is 10.6 Å². The highest BCUT2D eigenvalue weighted by Gasteiger charge is 2.21. The van der Waals surface area contributed by atoms with Crippen LogP contribution in [-0.2, 0) is 13.0 Å². The van der Waals surface area contributed by atoms with E-state index in [9.17, 15) is 0 Å². The van der Waals surface area contributed by atoms with Gasteiger partial charge in [0.2, 0.25) is 0 Å². The van der Waals surface area contributed by atoms with Crippen LogP contribution in [0.4, 0.5) is 11.5 Å². The molecule has 0 saturated heterocycles. The standard InChI is InChI=1S/C13H14BrN3S/c1-8-10(15)6-16-13(12(8)14)17-4-2-11-9(7-17)3-5-18-11/h3,5-6H,2,4,7,15H2,1H3. The zero-order chi connectivity index (χ0) is 12.7. The Kier molecular flexibility index (Phi) is 3.03. The molecule has 1 aliphatic rings. The molecule has 18 heavy (non-hydrogen) atoms. The summed E-state index contributed by atoms with van der Waals surface area (Å²) in [5.74, 6) is 0.999. The summed E-state index contributed by atoms with van der Waals surface area (Å²) in [5, 5.41) is 2.17. The number of nitrogens with two attached hydrogens (primary N) is 1. The van der Waals surface area contributed by atoms with Crippen molar-refractivity contribution in [2.24, 2.45) is 0 Å². The third-order valence-corrected chi connectivity index (χ3v) is 5.36. The molecule has 0 bridgehead atoms. The molecular weight excluding hydrogens is 310 g/mol. The molecule has 0 radical (unpaired) electrons. The summed E-state index contributed by atoms with van der Waals surface area (Å²) in [4.78, 5) is 8.30. The zero-order valence-electron chi connectivity index (χ0n) is 10.1. The van der Waals surface area contributed by atoms with E-state index in [1.807, 2.05) is 18.3 Å². The van der Waals surface area contributed by atoms with E-state index in [4.69, 9.17) is 5.73 Å². The van der Waals surface area contributed by atoms with E-state index in [0.29, 0.717) is 0 Å². The molecule has 0 fully saturated rings. The first kappa shape index (κ1) is 12.0. The van der Waals surface area contributed by atoms with Crippen LogP contribution in [0.1, 0.15) is 16.0 Å². The Balaban J connectivity index is 1.96. The smallest absolute Gasteiger partial charge is 0.143 e. The molecule has 0 saturated carbocycles. The molecule has 0 spiro atoms. The van der Waals surface area contributed by atoms with Crippen LogP contribution in [-0.4, -0.2) is 11.5 Å². The lowest BCUT2D eigenvalue weighted by molar-refractivity contribution is 0.730. The first-order chi connectivity index (χ1) is 8.66. The second kappa shape index (κ2) is 4.55. The van der Waals surface area contributed by atoms with Crippen molar-refractivity contribution in [1.29, 1.82) is 0 Å². The van der Waals surface area contributed by atoms with Crippen molar-refractivity contribution >= 4 is 38.8 Å². The van der Waals surface area contributed by atoms with E-state index in [1.54, 1.807) is 6.20 Å². The minimum atomic E-state index is 0.735. The minimum Gasteiger partial charge on any atom is -0.397 e. The summed E-state index contributed by atoms with van der Waals surface area (Å²) in [7, 11) is 0. The van der Waals surface area contributed by atoms with Gasteiger partial charge in [-0.05, 0) is 51.8 Å². The number of anilines is 2. The van der Waals surface area contributed by atoms with Gasteiger partial charge in [-0.3, -0.25) is 0 Å². The van der Waals surface area contributed by atoms with Crippen molar-refractivity contribution in [1.82, 2.24) is 4.98 Å². The van der Waals surface area contributed by atoms with Gasteiger partial charge in [0.25, 0.3) is 0 Å². The summed E-state index contributed by atoms with van der Waals surface area (Å²) in [6.45, 7) is 3.97. The number of halogens is 1. The third-order valence-electron chi connectivity index (χ3n) is 3.39. The van der Waals surface area contributed by atoms with Gasteiger partial charge in [-0.25, -0.2) is 4.98 Å². The molecule has 3 rings (SSSR count). The Morgan fingerprint density at radius 2 is 2.33 bits per heavy atom. The topological polar surface area (TPSA) is 42.1 Å². The van der Waals surface area contributed by atoms with Gasteiger partial charge >= 0.3 is 0 Å². The monoisotopic (exact) mass is 323 g/mol. The van der Waals surface area contributed by atoms with Gasteiger partial charge in [0, 0.05) is 18.0 Å². The van der Waals surface area contributed by atoms with Gasteiger partial charge in [-0.15, -0.1) is 11.3 Å². The highest BCUT2D eigenvalue weighted by molar-refractivity contribution is 9.10. The predicted molar refractivity (Wildman–Crippen MR) is 80.2 cm³/mol. The maximum atomic E-state index is 5.87. The number of rotatable bonds is 1. The van der Waals surface area contributed by atoms with Crippen LogP contribution >= 0.6 is 27.3 Å². The van der Waals surface area contributed by atoms with Crippen LogP contribution in [0.25, 0.3) is 0 Å². The van der Waals surface area contributed by atoms with Crippen molar-refractivity contribution in [3.05, 3.63) is 38.1 Å². The molecular formula is C13H14BrN3S. The highest BCUT2D eigenvalue weighted by atomic mass is 79.9. The van der Waals surface area contributed by atoms with Crippen molar-refractivity contribution in [2.45, 2.75) is 19.9 Å². The second-order valence-corrected chi connectivity index (χ2v) is 6.31. The lowest BCUT2D eigenvalue weighted by atomic mass is 10.1. The molecule has 3 heterocycles. The number of aromatic nitrogens is 1. The van der Waals surface area contributed by atoms with Crippen molar-refractivity contribution in [3.63, 3.8) is 0 Å². The quantitative estimate of drug-likeness (QED) is 0.875. The van der Waals surface area contributed by atoms with Crippen LogP contribution in [0, 0.1) is 6.92 Å². The largest absolute Gasteiger partial charge is 0.397 e. The number of hydrogen-bond acceptors (Lipinski definition) is 4. The summed E-state index contributed by atoms with van der Waals surface area (Å²) in [6, 6.07) is 2.21. The van der Waals surface area contributed by atoms with Crippen molar-refractivity contribution in [2.75, 3.05) is 17.2 Å². The summed E-state index contributed by atoms with van der Waals surface area (Å²) in [6.07, 6.45) is 2.85. The second-order valence-electron chi connectivity index (χ2n) is 4.52. The number of hydrogen-bond donors (Lipinski definition) is 1. The Hall–Kier alpha value is -1.07. The minimum absolute atomic E-state index is 0.735. The molecule has 94 valence electrons. The van der Waals surface area contributed by atoms with E-state index in [1.165, 1.54) is 10.4 Å². The molecule has 2 aromatic rings. The molecule has 2 N–H and O–H groups in total. The number of pyridine rings is 1. The molecule has 0 amide bonds.